The first-order valence-electron chi connectivity index (χ1n) is 5.30. The van der Waals surface area contributed by atoms with E-state index >= 15 is 0 Å². The number of hydrogen-bond donors (Lipinski definition) is 2. The molecule has 8 heteroatoms. The summed E-state index contributed by atoms with van der Waals surface area (Å²) in [4.78, 5) is 27.0. The lowest BCUT2D eigenvalue weighted by Crippen LogP contribution is -2.33. The molecule has 0 aromatic carbocycles. The maximum atomic E-state index is 11.6. The minimum atomic E-state index is -0.928. The summed E-state index contributed by atoms with van der Waals surface area (Å²) in [6.45, 7) is 3.58. The molecule has 0 unspecified atom stereocenters. The van der Waals surface area contributed by atoms with E-state index in [4.69, 9.17) is 5.11 Å². The van der Waals surface area contributed by atoms with E-state index in [0.717, 1.165) is 0 Å². The van der Waals surface area contributed by atoms with Crippen molar-refractivity contribution < 1.29 is 9.90 Å². The fourth-order valence-corrected chi connectivity index (χ4v) is 2.25. The zero-order valence-electron chi connectivity index (χ0n) is 9.88. The molecule has 2 aromatic heterocycles. The molecule has 2 N–H and O–H groups in total. The second kappa shape index (κ2) is 4.83. The fraction of sp³-hybridized carbons (Fsp3) is 0.400. The van der Waals surface area contributed by atoms with E-state index in [1.54, 1.807) is 13.8 Å². The average molecular weight is 268 g/mol. The maximum absolute atomic E-state index is 11.6. The van der Waals surface area contributed by atoms with Crippen LogP contribution in [-0.4, -0.2) is 31.7 Å². The predicted octanol–water partition coefficient (Wildman–Crippen LogP) is 0.0221. The van der Waals surface area contributed by atoms with Gasteiger partial charge in [0.15, 0.2) is 0 Å². The van der Waals surface area contributed by atoms with Crippen molar-refractivity contribution in [1.29, 1.82) is 0 Å². The third kappa shape index (κ3) is 2.54. The van der Waals surface area contributed by atoms with Crippen LogP contribution in [0.2, 0.25) is 0 Å². The Morgan fingerprint density at radius 2 is 2.39 bits per heavy atom. The van der Waals surface area contributed by atoms with Crippen LogP contribution >= 0.6 is 11.3 Å². The number of fused-ring (bicyclic) bond motifs is 1. The Labute approximate surface area is 106 Å². The lowest BCUT2D eigenvalue weighted by molar-refractivity contribution is -0.139. The van der Waals surface area contributed by atoms with Crippen molar-refractivity contribution in [2.24, 2.45) is 0 Å². The van der Waals surface area contributed by atoms with E-state index < -0.39 is 12.0 Å². The lowest BCUT2D eigenvalue weighted by atomic mass is 10.3. The maximum Gasteiger partial charge on any atom is 0.320 e. The summed E-state index contributed by atoms with van der Waals surface area (Å²) in [5.74, 6) is -0.928. The number of aryl methyl sites for hydroxylation is 1. The summed E-state index contributed by atoms with van der Waals surface area (Å²) < 4.78 is 1.22. The Bertz CT molecular complexity index is 648. The van der Waals surface area contributed by atoms with E-state index in [9.17, 15) is 9.59 Å². The van der Waals surface area contributed by atoms with Crippen molar-refractivity contribution in [3.8, 4) is 0 Å². The van der Waals surface area contributed by atoms with Gasteiger partial charge in [-0.2, -0.15) is 9.61 Å². The van der Waals surface area contributed by atoms with Gasteiger partial charge in [-0.25, -0.2) is 4.98 Å². The average Bonchev–Trinajstić information content (AvgIpc) is 2.68. The molecule has 1 atom stereocenters. The van der Waals surface area contributed by atoms with Crippen LogP contribution in [0.25, 0.3) is 4.96 Å². The summed E-state index contributed by atoms with van der Waals surface area (Å²) in [7, 11) is 0. The zero-order valence-corrected chi connectivity index (χ0v) is 10.7. The molecular formula is C10H12N4O3S. The van der Waals surface area contributed by atoms with Crippen LogP contribution in [0.4, 0.5) is 0 Å². The first-order chi connectivity index (χ1) is 8.47. The van der Waals surface area contributed by atoms with E-state index in [-0.39, 0.29) is 5.56 Å². The molecule has 2 rings (SSSR count). The van der Waals surface area contributed by atoms with Gasteiger partial charge in [-0.15, -0.1) is 0 Å². The standard InChI is InChI=1S/C10H12N4O3S/c1-5-3-8(15)14-10(12-5)18-7(13-14)4-11-6(2)9(16)17/h3,6,11H,4H2,1-2H3,(H,16,17)/t6-/m0/s1. The summed E-state index contributed by atoms with van der Waals surface area (Å²) in [5.41, 5.74) is 0.411. The molecule has 2 heterocycles. The van der Waals surface area contributed by atoms with Crippen LogP contribution in [0.5, 0.6) is 0 Å². The molecule has 0 aliphatic carbocycles. The number of carboxylic acid groups (broad SMARTS) is 1. The minimum Gasteiger partial charge on any atom is -0.480 e. The molecule has 96 valence electrons. The molecule has 0 bridgehead atoms. The number of hydrogen-bond acceptors (Lipinski definition) is 6. The van der Waals surface area contributed by atoms with Crippen LogP contribution in [0.15, 0.2) is 10.9 Å². The van der Waals surface area contributed by atoms with E-state index in [2.05, 4.69) is 15.4 Å². The molecule has 0 fully saturated rings. The molecule has 18 heavy (non-hydrogen) atoms. The van der Waals surface area contributed by atoms with Gasteiger partial charge in [0, 0.05) is 11.8 Å². The predicted molar refractivity (Wildman–Crippen MR) is 65.8 cm³/mol. The monoisotopic (exact) mass is 268 g/mol. The Morgan fingerprint density at radius 3 is 3.06 bits per heavy atom. The molecular weight excluding hydrogens is 256 g/mol. The molecule has 0 saturated carbocycles. The highest BCUT2D eigenvalue weighted by molar-refractivity contribution is 7.16. The van der Waals surface area contributed by atoms with Gasteiger partial charge in [-0.3, -0.25) is 14.9 Å². The van der Waals surface area contributed by atoms with Crippen LogP contribution in [0, 0.1) is 6.92 Å². The smallest absolute Gasteiger partial charge is 0.320 e. The summed E-state index contributed by atoms with van der Waals surface area (Å²) in [5, 5.41) is 16.2. The normalized spacial score (nSPS) is 12.8. The molecule has 0 saturated heterocycles. The van der Waals surface area contributed by atoms with Crippen molar-refractivity contribution in [1.82, 2.24) is 19.9 Å². The highest BCUT2D eigenvalue weighted by Crippen LogP contribution is 2.11. The molecule has 2 aromatic rings. The van der Waals surface area contributed by atoms with E-state index in [1.165, 1.54) is 21.9 Å². The van der Waals surface area contributed by atoms with Crippen molar-refractivity contribution in [2.45, 2.75) is 26.4 Å². The van der Waals surface area contributed by atoms with E-state index in [0.29, 0.717) is 22.2 Å². The van der Waals surface area contributed by atoms with Gasteiger partial charge in [0.25, 0.3) is 5.56 Å². The highest BCUT2D eigenvalue weighted by Gasteiger charge is 2.12. The van der Waals surface area contributed by atoms with Crippen LogP contribution in [0.3, 0.4) is 0 Å². The first kappa shape index (κ1) is 12.7. The molecule has 0 spiro atoms. The van der Waals surface area contributed by atoms with Crippen LogP contribution in [-0.2, 0) is 11.3 Å². The topological polar surface area (TPSA) is 96.6 Å². The number of rotatable bonds is 4. The van der Waals surface area contributed by atoms with Gasteiger partial charge >= 0.3 is 5.97 Å². The fourth-order valence-electron chi connectivity index (χ4n) is 1.36. The van der Waals surface area contributed by atoms with Crippen LogP contribution < -0.4 is 10.9 Å². The third-order valence-electron chi connectivity index (χ3n) is 2.34. The Hall–Kier alpha value is -1.80. The number of aromatic nitrogens is 3. The lowest BCUT2D eigenvalue weighted by Gasteiger charge is -2.05. The summed E-state index contributed by atoms with van der Waals surface area (Å²) in [6.07, 6.45) is 0. The Balaban J connectivity index is 2.23. The summed E-state index contributed by atoms with van der Waals surface area (Å²) >= 11 is 1.26. The first-order valence-corrected chi connectivity index (χ1v) is 6.11. The largest absolute Gasteiger partial charge is 0.480 e. The zero-order chi connectivity index (χ0) is 13.3. The van der Waals surface area contributed by atoms with Gasteiger partial charge in [0.2, 0.25) is 4.96 Å². The molecule has 0 radical (unpaired) electrons. The Morgan fingerprint density at radius 1 is 1.67 bits per heavy atom. The third-order valence-corrected chi connectivity index (χ3v) is 3.25. The van der Waals surface area contributed by atoms with Crippen molar-refractivity contribution >= 4 is 22.3 Å². The second-order valence-corrected chi connectivity index (χ2v) is 4.91. The quantitative estimate of drug-likeness (QED) is 0.811. The number of carbonyl (C=O) groups is 1. The molecule has 0 amide bonds. The highest BCUT2D eigenvalue weighted by atomic mass is 32.1. The molecule has 0 aliphatic heterocycles. The Kier molecular flexibility index (Phi) is 3.39. The van der Waals surface area contributed by atoms with E-state index in [1.807, 2.05) is 0 Å². The molecule has 7 nitrogen and oxygen atoms in total. The van der Waals surface area contributed by atoms with Crippen molar-refractivity contribution in [3.63, 3.8) is 0 Å². The number of nitrogens with one attached hydrogen (secondary N) is 1. The molecule has 0 aliphatic rings. The minimum absolute atomic E-state index is 0.230. The number of nitrogens with zero attached hydrogens (tertiary/aromatic N) is 3. The van der Waals surface area contributed by atoms with Gasteiger partial charge < -0.3 is 5.11 Å². The SMILES string of the molecule is Cc1cc(=O)n2nc(CN[C@@H](C)C(=O)O)sc2n1. The van der Waals surface area contributed by atoms with Gasteiger partial charge in [0.05, 0.1) is 6.54 Å². The number of aliphatic carboxylic acids is 1. The summed E-state index contributed by atoms with van der Waals surface area (Å²) in [6, 6.07) is 0.743. The van der Waals surface area contributed by atoms with Crippen molar-refractivity contribution in [3.05, 3.63) is 27.1 Å². The van der Waals surface area contributed by atoms with Gasteiger partial charge in [0.1, 0.15) is 11.0 Å². The van der Waals surface area contributed by atoms with Crippen LogP contribution in [0.1, 0.15) is 17.6 Å². The van der Waals surface area contributed by atoms with Gasteiger partial charge in [-0.1, -0.05) is 11.3 Å². The van der Waals surface area contributed by atoms with Gasteiger partial charge in [-0.05, 0) is 13.8 Å². The number of carboxylic acids is 1. The second-order valence-electron chi connectivity index (χ2n) is 3.87. The van der Waals surface area contributed by atoms with Crippen molar-refractivity contribution in [2.75, 3.05) is 0 Å².